The summed E-state index contributed by atoms with van der Waals surface area (Å²) in [6, 6.07) is 3.64. The zero-order valence-corrected chi connectivity index (χ0v) is 9.32. The predicted octanol–water partition coefficient (Wildman–Crippen LogP) is 3.34. The second-order valence-corrected chi connectivity index (χ2v) is 3.98. The molecule has 0 saturated carbocycles. The summed E-state index contributed by atoms with van der Waals surface area (Å²) in [4.78, 5) is 8.56. The fourth-order valence-electron chi connectivity index (χ4n) is 1.39. The Hall–Kier alpha value is -1.35. The normalized spacial score (nSPS) is 12.7. The number of aromatic nitrogens is 2. The maximum atomic E-state index is 5.98. The van der Waals surface area contributed by atoms with Crippen LogP contribution in [-0.2, 0) is 0 Å². The average molecular weight is 223 g/mol. The third-order valence-electron chi connectivity index (χ3n) is 2.19. The highest BCUT2D eigenvalue weighted by Gasteiger charge is 2.10. The molecular formula is C11H11ClN2O. The van der Waals surface area contributed by atoms with E-state index in [9.17, 15) is 0 Å². The Balaban J connectivity index is 2.42. The average Bonchev–Trinajstić information content (AvgIpc) is 2.69. The quantitative estimate of drug-likeness (QED) is 0.732. The Kier molecular flexibility index (Phi) is 2.73. The van der Waals surface area contributed by atoms with Crippen molar-refractivity contribution in [2.45, 2.75) is 19.2 Å². The van der Waals surface area contributed by atoms with E-state index < -0.39 is 0 Å². The van der Waals surface area contributed by atoms with Crippen molar-refractivity contribution in [2.75, 3.05) is 0 Å². The Morgan fingerprint density at radius 3 is 2.80 bits per heavy atom. The maximum absolute atomic E-state index is 5.98. The van der Waals surface area contributed by atoms with Crippen LogP contribution in [0.5, 0.6) is 0 Å². The van der Waals surface area contributed by atoms with E-state index in [-0.39, 0.29) is 5.38 Å². The van der Waals surface area contributed by atoms with Crippen LogP contribution in [0.3, 0.4) is 0 Å². The van der Waals surface area contributed by atoms with Crippen LogP contribution in [0.25, 0.3) is 11.6 Å². The van der Waals surface area contributed by atoms with Gasteiger partial charge in [0.05, 0.1) is 11.6 Å². The first kappa shape index (κ1) is 10.2. The lowest BCUT2D eigenvalue weighted by Gasteiger charge is -2.06. The van der Waals surface area contributed by atoms with Gasteiger partial charge in [-0.05, 0) is 26.0 Å². The number of aryl methyl sites for hydroxylation is 1. The Morgan fingerprint density at radius 2 is 2.27 bits per heavy atom. The molecule has 0 aliphatic carbocycles. The molecule has 2 aromatic rings. The standard InChI is InChI=1S/C11H11ClN2O/c1-7(12)9-6-13-11(14-8(9)2)10-4-3-5-15-10/h3-7H,1-2H3. The number of furan rings is 1. The van der Waals surface area contributed by atoms with E-state index in [4.69, 9.17) is 16.0 Å². The van der Waals surface area contributed by atoms with E-state index in [1.807, 2.05) is 26.0 Å². The van der Waals surface area contributed by atoms with Gasteiger partial charge in [0.1, 0.15) is 0 Å². The highest BCUT2D eigenvalue weighted by Crippen LogP contribution is 2.23. The van der Waals surface area contributed by atoms with Crippen LogP contribution in [-0.4, -0.2) is 9.97 Å². The van der Waals surface area contributed by atoms with Crippen LogP contribution in [0, 0.1) is 6.92 Å². The second kappa shape index (κ2) is 4.03. The lowest BCUT2D eigenvalue weighted by Crippen LogP contribution is -1.97. The molecule has 0 fully saturated rings. The summed E-state index contributed by atoms with van der Waals surface area (Å²) in [5.74, 6) is 1.27. The summed E-state index contributed by atoms with van der Waals surface area (Å²) in [7, 11) is 0. The van der Waals surface area contributed by atoms with Crippen molar-refractivity contribution in [2.24, 2.45) is 0 Å². The predicted molar refractivity (Wildman–Crippen MR) is 58.7 cm³/mol. The number of halogens is 1. The fraction of sp³-hybridized carbons (Fsp3) is 0.273. The van der Waals surface area contributed by atoms with E-state index in [1.165, 1.54) is 0 Å². The molecule has 0 radical (unpaired) electrons. The van der Waals surface area contributed by atoms with Crippen molar-refractivity contribution in [1.29, 1.82) is 0 Å². The molecule has 0 bridgehead atoms. The number of rotatable bonds is 2. The van der Waals surface area contributed by atoms with Crippen molar-refractivity contribution >= 4 is 11.6 Å². The zero-order valence-electron chi connectivity index (χ0n) is 8.57. The molecule has 0 aliphatic heterocycles. The first-order chi connectivity index (χ1) is 7.18. The van der Waals surface area contributed by atoms with Crippen molar-refractivity contribution < 1.29 is 4.42 Å². The minimum Gasteiger partial charge on any atom is -0.461 e. The van der Waals surface area contributed by atoms with Gasteiger partial charge in [-0.15, -0.1) is 11.6 Å². The van der Waals surface area contributed by atoms with Gasteiger partial charge in [0, 0.05) is 17.5 Å². The maximum Gasteiger partial charge on any atom is 0.195 e. The van der Waals surface area contributed by atoms with Gasteiger partial charge in [0.15, 0.2) is 11.6 Å². The molecule has 2 heterocycles. The Morgan fingerprint density at radius 1 is 1.47 bits per heavy atom. The molecule has 15 heavy (non-hydrogen) atoms. The minimum atomic E-state index is -0.0735. The van der Waals surface area contributed by atoms with E-state index in [0.717, 1.165) is 11.3 Å². The zero-order chi connectivity index (χ0) is 10.8. The van der Waals surface area contributed by atoms with Crippen LogP contribution < -0.4 is 0 Å². The molecule has 0 spiro atoms. The summed E-state index contributed by atoms with van der Waals surface area (Å²) in [6.07, 6.45) is 3.35. The van der Waals surface area contributed by atoms with Gasteiger partial charge in [-0.1, -0.05) is 0 Å². The van der Waals surface area contributed by atoms with Crippen molar-refractivity contribution in [3.8, 4) is 11.6 Å². The van der Waals surface area contributed by atoms with Gasteiger partial charge in [-0.3, -0.25) is 0 Å². The van der Waals surface area contributed by atoms with Crippen LogP contribution in [0.1, 0.15) is 23.6 Å². The number of hydrogen-bond acceptors (Lipinski definition) is 3. The molecule has 0 amide bonds. The van der Waals surface area contributed by atoms with E-state index in [1.54, 1.807) is 12.5 Å². The van der Waals surface area contributed by atoms with E-state index in [0.29, 0.717) is 11.6 Å². The van der Waals surface area contributed by atoms with Crippen LogP contribution >= 0.6 is 11.6 Å². The molecule has 2 aromatic heterocycles. The van der Waals surface area contributed by atoms with Gasteiger partial charge in [0.25, 0.3) is 0 Å². The second-order valence-electron chi connectivity index (χ2n) is 3.33. The summed E-state index contributed by atoms with van der Waals surface area (Å²) < 4.78 is 5.22. The van der Waals surface area contributed by atoms with Gasteiger partial charge in [0.2, 0.25) is 0 Å². The first-order valence-corrected chi connectivity index (χ1v) is 5.13. The number of nitrogens with zero attached hydrogens (tertiary/aromatic N) is 2. The molecule has 0 saturated heterocycles. The molecule has 0 N–H and O–H groups in total. The van der Waals surface area contributed by atoms with Gasteiger partial charge in [-0.25, -0.2) is 9.97 Å². The van der Waals surface area contributed by atoms with Crippen molar-refractivity contribution in [3.63, 3.8) is 0 Å². The highest BCUT2D eigenvalue weighted by molar-refractivity contribution is 6.20. The van der Waals surface area contributed by atoms with E-state index in [2.05, 4.69) is 9.97 Å². The molecule has 1 atom stereocenters. The monoisotopic (exact) mass is 222 g/mol. The minimum absolute atomic E-state index is 0.0735. The van der Waals surface area contributed by atoms with Crippen LogP contribution in [0.4, 0.5) is 0 Å². The molecule has 2 rings (SSSR count). The fourth-order valence-corrected chi connectivity index (χ4v) is 1.61. The summed E-state index contributed by atoms with van der Waals surface area (Å²) in [6.45, 7) is 3.82. The Bertz CT molecular complexity index is 452. The summed E-state index contributed by atoms with van der Waals surface area (Å²) in [5, 5.41) is -0.0735. The van der Waals surface area contributed by atoms with Gasteiger partial charge < -0.3 is 4.42 Å². The molecule has 4 heteroatoms. The number of alkyl halides is 1. The van der Waals surface area contributed by atoms with Crippen molar-refractivity contribution in [3.05, 3.63) is 35.9 Å². The first-order valence-electron chi connectivity index (χ1n) is 4.70. The molecule has 3 nitrogen and oxygen atoms in total. The van der Waals surface area contributed by atoms with Gasteiger partial charge >= 0.3 is 0 Å². The third kappa shape index (κ3) is 2.02. The highest BCUT2D eigenvalue weighted by atomic mass is 35.5. The largest absolute Gasteiger partial charge is 0.461 e. The van der Waals surface area contributed by atoms with E-state index >= 15 is 0 Å². The number of hydrogen-bond donors (Lipinski definition) is 0. The smallest absolute Gasteiger partial charge is 0.195 e. The lowest BCUT2D eigenvalue weighted by atomic mass is 10.2. The van der Waals surface area contributed by atoms with Crippen molar-refractivity contribution in [1.82, 2.24) is 9.97 Å². The third-order valence-corrected chi connectivity index (χ3v) is 2.42. The molecule has 1 unspecified atom stereocenters. The topological polar surface area (TPSA) is 38.9 Å². The molecule has 0 aliphatic rings. The SMILES string of the molecule is Cc1nc(-c2ccco2)ncc1C(C)Cl. The molecule has 78 valence electrons. The molecule has 0 aromatic carbocycles. The van der Waals surface area contributed by atoms with Crippen LogP contribution in [0.15, 0.2) is 29.0 Å². The summed E-state index contributed by atoms with van der Waals surface area (Å²) >= 11 is 5.98. The Labute approximate surface area is 93.1 Å². The lowest BCUT2D eigenvalue weighted by molar-refractivity contribution is 0.576. The van der Waals surface area contributed by atoms with Gasteiger partial charge in [-0.2, -0.15) is 0 Å². The van der Waals surface area contributed by atoms with Crippen LogP contribution in [0.2, 0.25) is 0 Å². The summed E-state index contributed by atoms with van der Waals surface area (Å²) in [5.41, 5.74) is 1.84. The molecular weight excluding hydrogens is 212 g/mol.